The van der Waals surface area contributed by atoms with Crippen LogP contribution in [0.4, 0.5) is 39.0 Å². The van der Waals surface area contributed by atoms with Crippen LogP contribution in [0.25, 0.3) is 0 Å². The highest BCUT2D eigenvalue weighted by Gasteiger charge is 2.30. The molecule has 1 amide bonds. The molecule has 190 valence electrons. The molecule has 3 aromatic rings. The summed E-state index contributed by atoms with van der Waals surface area (Å²) in [6.07, 6.45) is 0. The van der Waals surface area contributed by atoms with Crippen molar-refractivity contribution in [2.75, 3.05) is 47.9 Å². The Morgan fingerprint density at radius 2 is 1.33 bits per heavy atom. The van der Waals surface area contributed by atoms with E-state index in [9.17, 15) is 26.7 Å². The molecule has 0 saturated carbocycles. The number of anilines is 3. The van der Waals surface area contributed by atoms with Gasteiger partial charge >= 0.3 is 0 Å². The fraction of sp³-hybridized carbons (Fsp3) is 0.269. The lowest BCUT2D eigenvalue weighted by Gasteiger charge is -2.37. The summed E-state index contributed by atoms with van der Waals surface area (Å²) >= 11 is 0. The van der Waals surface area contributed by atoms with E-state index in [4.69, 9.17) is 4.74 Å². The highest BCUT2D eigenvalue weighted by Crippen LogP contribution is 2.31. The van der Waals surface area contributed by atoms with Crippen molar-refractivity contribution in [1.82, 2.24) is 0 Å². The van der Waals surface area contributed by atoms with E-state index in [1.807, 2.05) is 30.9 Å². The normalized spacial score (nSPS) is 13.6. The molecule has 3 aromatic carbocycles. The number of aryl methyl sites for hydroxylation is 2. The Balaban J connectivity index is 1.32. The predicted molar refractivity (Wildman–Crippen MR) is 127 cm³/mol. The van der Waals surface area contributed by atoms with E-state index in [0.29, 0.717) is 24.5 Å². The summed E-state index contributed by atoms with van der Waals surface area (Å²) in [6, 6.07) is 12.5. The van der Waals surface area contributed by atoms with Gasteiger partial charge in [-0.1, -0.05) is 6.07 Å². The van der Waals surface area contributed by atoms with Gasteiger partial charge in [-0.25, -0.2) is 22.0 Å². The molecule has 0 radical (unpaired) electrons. The Morgan fingerprint density at radius 1 is 0.778 bits per heavy atom. The average Bonchev–Trinajstić information content (AvgIpc) is 2.88. The Hall–Kier alpha value is -3.82. The number of hydrogen-bond acceptors (Lipinski definition) is 4. The van der Waals surface area contributed by atoms with Crippen LogP contribution in [0.3, 0.4) is 0 Å². The molecule has 10 heteroatoms. The van der Waals surface area contributed by atoms with Crippen molar-refractivity contribution in [1.29, 1.82) is 0 Å². The quantitative estimate of drug-likeness (QED) is 0.279. The van der Waals surface area contributed by atoms with Crippen molar-refractivity contribution in [2.45, 2.75) is 13.8 Å². The molecule has 0 spiro atoms. The second-order valence-electron chi connectivity index (χ2n) is 8.52. The Bertz CT molecular complexity index is 1250. The number of piperazine rings is 1. The van der Waals surface area contributed by atoms with E-state index in [0.717, 1.165) is 21.7 Å². The summed E-state index contributed by atoms with van der Waals surface area (Å²) in [4.78, 5) is 15.3. The van der Waals surface area contributed by atoms with Crippen LogP contribution in [0.2, 0.25) is 0 Å². The van der Waals surface area contributed by atoms with Gasteiger partial charge in [-0.05, 0) is 61.4 Å². The smallest absolute Gasteiger partial charge is 0.262 e. The summed E-state index contributed by atoms with van der Waals surface area (Å²) in [5.74, 6) is -9.46. The maximum absolute atomic E-state index is 14.1. The summed E-state index contributed by atoms with van der Waals surface area (Å²) in [6.45, 7) is 4.53. The summed E-state index contributed by atoms with van der Waals surface area (Å²) in [5.41, 5.74) is 2.64. The summed E-state index contributed by atoms with van der Waals surface area (Å²) < 4.78 is 74.2. The maximum atomic E-state index is 14.1. The lowest BCUT2D eigenvalue weighted by Crippen LogP contribution is -2.47. The zero-order valence-corrected chi connectivity index (χ0v) is 19.7. The van der Waals surface area contributed by atoms with Gasteiger partial charge in [-0.15, -0.1) is 0 Å². The minimum Gasteiger partial charge on any atom is -0.484 e. The van der Waals surface area contributed by atoms with Crippen LogP contribution in [0.15, 0.2) is 42.5 Å². The number of hydrogen-bond donors (Lipinski definition) is 1. The molecule has 1 fully saturated rings. The van der Waals surface area contributed by atoms with Crippen LogP contribution in [-0.4, -0.2) is 38.7 Å². The number of ether oxygens (including phenoxy) is 1. The van der Waals surface area contributed by atoms with Crippen LogP contribution < -0.4 is 19.9 Å². The molecule has 36 heavy (non-hydrogen) atoms. The Labute approximate surface area is 205 Å². The van der Waals surface area contributed by atoms with Gasteiger partial charge < -0.3 is 19.9 Å². The predicted octanol–water partition coefficient (Wildman–Crippen LogP) is 5.34. The third-order valence-corrected chi connectivity index (χ3v) is 6.15. The second kappa shape index (κ2) is 10.4. The first-order valence-electron chi connectivity index (χ1n) is 11.3. The number of nitrogens with zero attached hydrogens (tertiary/aromatic N) is 2. The molecular weight excluding hydrogens is 481 g/mol. The van der Waals surface area contributed by atoms with Gasteiger partial charge in [0.2, 0.25) is 5.82 Å². The molecule has 0 aromatic heterocycles. The third-order valence-electron chi connectivity index (χ3n) is 6.15. The van der Waals surface area contributed by atoms with Crippen molar-refractivity contribution in [3.05, 3.63) is 82.7 Å². The molecule has 0 atom stereocenters. The Morgan fingerprint density at radius 3 is 1.92 bits per heavy atom. The lowest BCUT2D eigenvalue weighted by atomic mass is 10.1. The molecule has 5 nitrogen and oxygen atoms in total. The van der Waals surface area contributed by atoms with E-state index in [2.05, 4.69) is 5.32 Å². The third kappa shape index (κ3) is 5.22. The molecule has 1 heterocycles. The van der Waals surface area contributed by atoms with Gasteiger partial charge in [0.15, 0.2) is 29.9 Å². The van der Waals surface area contributed by atoms with Crippen LogP contribution in [0, 0.1) is 42.9 Å². The minimum absolute atomic E-state index is 0.0622. The topological polar surface area (TPSA) is 44.8 Å². The molecule has 1 aliphatic rings. The number of carbonyl (C=O) groups is 1. The van der Waals surface area contributed by atoms with E-state index < -0.39 is 34.8 Å². The largest absolute Gasteiger partial charge is 0.484 e. The number of halogens is 5. The standard InChI is InChI=1S/C26H24F5N3O2/c1-15-3-8-19(13-16(15)2)36-14-20(35)32-17-4-6-18(7-5-17)33-9-11-34(12-10-33)26-24(30)22(28)21(27)23(29)25(26)31/h3-8,13H,9-12,14H2,1-2H3,(H,32,35). The fourth-order valence-electron chi connectivity index (χ4n) is 3.96. The average molecular weight is 505 g/mol. The monoisotopic (exact) mass is 505 g/mol. The first-order chi connectivity index (χ1) is 17.2. The van der Waals surface area contributed by atoms with Crippen LogP contribution in [0.1, 0.15) is 11.1 Å². The van der Waals surface area contributed by atoms with Gasteiger partial charge in [-0.3, -0.25) is 4.79 Å². The van der Waals surface area contributed by atoms with E-state index >= 15 is 0 Å². The van der Waals surface area contributed by atoms with Crippen molar-refractivity contribution < 1.29 is 31.5 Å². The first kappa shape index (κ1) is 25.3. The number of nitrogens with one attached hydrogen (secondary N) is 1. The molecule has 1 N–H and O–H groups in total. The van der Waals surface area contributed by atoms with E-state index in [1.165, 1.54) is 0 Å². The SMILES string of the molecule is Cc1ccc(OCC(=O)Nc2ccc(N3CCN(c4c(F)c(F)c(F)c(F)c4F)CC3)cc2)cc1C. The van der Waals surface area contributed by atoms with E-state index in [1.54, 1.807) is 30.3 Å². The maximum Gasteiger partial charge on any atom is 0.262 e. The zero-order valence-electron chi connectivity index (χ0n) is 19.7. The van der Waals surface area contributed by atoms with Crippen LogP contribution in [-0.2, 0) is 4.79 Å². The number of rotatable bonds is 6. The first-order valence-corrected chi connectivity index (χ1v) is 11.3. The van der Waals surface area contributed by atoms with Crippen molar-refractivity contribution in [2.24, 2.45) is 0 Å². The molecular formula is C26H24F5N3O2. The highest BCUT2D eigenvalue weighted by atomic mass is 19.2. The minimum atomic E-state index is -2.17. The number of benzene rings is 3. The van der Waals surface area contributed by atoms with Crippen LogP contribution >= 0.6 is 0 Å². The molecule has 0 unspecified atom stereocenters. The van der Waals surface area contributed by atoms with Gasteiger partial charge in [0, 0.05) is 37.6 Å². The summed E-state index contributed by atoms with van der Waals surface area (Å²) in [7, 11) is 0. The molecule has 1 aliphatic heterocycles. The fourth-order valence-corrected chi connectivity index (χ4v) is 3.96. The molecule has 0 aliphatic carbocycles. The van der Waals surface area contributed by atoms with Crippen molar-refractivity contribution >= 4 is 23.0 Å². The van der Waals surface area contributed by atoms with Gasteiger partial charge in [0.1, 0.15) is 11.4 Å². The van der Waals surface area contributed by atoms with Gasteiger partial charge in [0.05, 0.1) is 0 Å². The lowest BCUT2D eigenvalue weighted by molar-refractivity contribution is -0.118. The Kier molecular flexibility index (Phi) is 7.32. The van der Waals surface area contributed by atoms with Gasteiger partial charge in [-0.2, -0.15) is 0 Å². The van der Waals surface area contributed by atoms with Crippen molar-refractivity contribution in [3.63, 3.8) is 0 Å². The summed E-state index contributed by atoms with van der Waals surface area (Å²) in [5, 5.41) is 2.75. The number of carbonyl (C=O) groups excluding carboxylic acids is 1. The van der Waals surface area contributed by atoms with E-state index in [-0.39, 0.29) is 25.6 Å². The highest BCUT2D eigenvalue weighted by molar-refractivity contribution is 5.92. The van der Waals surface area contributed by atoms with Crippen molar-refractivity contribution in [3.8, 4) is 5.75 Å². The van der Waals surface area contributed by atoms with Gasteiger partial charge in [0.25, 0.3) is 5.91 Å². The zero-order chi connectivity index (χ0) is 26.0. The molecule has 4 rings (SSSR count). The molecule has 0 bridgehead atoms. The second-order valence-corrected chi connectivity index (χ2v) is 8.52. The van der Waals surface area contributed by atoms with Crippen LogP contribution in [0.5, 0.6) is 5.75 Å². The molecule has 1 saturated heterocycles. The number of amides is 1.